The minimum atomic E-state index is -0.535. The van der Waals surface area contributed by atoms with Crippen LogP contribution >= 0.6 is 0 Å². The van der Waals surface area contributed by atoms with Crippen molar-refractivity contribution in [2.75, 3.05) is 23.7 Å². The fourth-order valence-corrected chi connectivity index (χ4v) is 3.58. The van der Waals surface area contributed by atoms with E-state index in [9.17, 15) is 18.8 Å². The van der Waals surface area contributed by atoms with Crippen LogP contribution in [0.15, 0.2) is 67.0 Å². The van der Waals surface area contributed by atoms with Gasteiger partial charge in [0.15, 0.2) is 11.5 Å². The highest BCUT2D eigenvalue weighted by Gasteiger charge is 2.26. The molecule has 1 fully saturated rings. The summed E-state index contributed by atoms with van der Waals surface area (Å²) in [5.41, 5.74) is 0.919. The van der Waals surface area contributed by atoms with Gasteiger partial charge < -0.3 is 20.9 Å². The van der Waals surface area contributed by atoms with Crippen molar-refractivity contribution in [2.24, 2.45) is 0 Å². The van der Waals surface area contributed by atoms with E-state index in [2.05, 4.69) is 25.9 Å². The molecule has 9 nitrogen and oxygen atoms in total. The lowest BCUT2D eigenvalue weighted by Gasteiger charge is -2.32. The van der Waals surface area contributed by atoms with Gasteiger partial charge in [0.1, 0.15) is 5.82 Å². The molecule has 174 valence electrons. The topological polar surface area (TPSA) is 116 Å². The Hall–Kier alpha value is -4.34. The molecule has 0 unspecified atom stereocenters. The fraction of sp³-hybridized carbons (Fsp3) is 0.208. The monoisotopic (exact) mass is 462 g/mol. The largest absolute Gasteiger partial charge is 0.348 e. The molecule has 3 N–H and O–H groups in total. The van der Waals surface area contributed by atoms with Gasteiger partial charge in [-0.15, -0.1) is 0 Å². The van der Waals surface area contributed by atoms with Gasteiger partial charge in [0.05, 0.1) is 0 Å². The summed E-state index contributed by atoms with van der Waals surface area (Å²) in [7, 11) is 0. The van der Waals surface area contributed by atoms with Crippen LogP contribution in [0.5, 0.6) is 0 Å². The van der Waals surface area contributed by atoms with Crippen molar-refractivity contribution < 1.29 is 18.8 Å². The Morgan fingerprint density at radius 1 is 0.853 bits per heavy atom. The first kappa shape index (κ1) is 22.8. The van der Waals surface area contributed by atoms with Crippen LogP contribution in [0.4, 0.5) is 20.7 Å². The van der Waals surface area contributed by atoms with Gasteiger partial charge in [0, 0.05) is 42.8 Å². The molecule has 4 rings (SSSR count). The third-order valence-electron chi connectivity index (χ3n) is 5.39. The minimum absolute atomic E-state index is 0.00833. The number of nitrogens with one attached hydrogen (secondary N) is 3. The number of amides is 4. The van der Waals surface area contributed by atoms with E-state index in [0.717, 1.165) is 5.69 Å². The molecule has 0 atom stereocenters. The van der Waals surface area contributed by atoms with E-state index in [1.54, 1.807) is 4.90 Å². The number of nitrogens with zero attached hydrogens (tertiary/aromatic N) is 3. The third kappa shape index (κ3) is 5.71. The Morgan fingerprint density at radius 2 is 1.53 bits per heavy atom. The molecule has 1 aliphatic rings. The Balaban J connectivity index is 1.32. The van der Waals surface area contributed by atoms with Crippen molar-refractivity contribution in [3.8, 4) is 0 Å². The molecule has 3 aromatic rings. The lowest BCUT2D eigenvalue weighted by Crippen LogP contribution is -2.48. The van der Waals surface area contributed by atoms with E-state index in [-0.39, 0.29) is 29.1 Å². The SMILES string of the molecule is O=C(Nc1nccnc1C(=O)NC1CCN(C(=O)Nc2ccccc2)CC1)c1ccc(F)cc1. The van der Waals surface area contributed by atoms with Crippen molar-refractivity contribution in [3.05, 3.63) is 84.1 Å². The van der Waals surface area contributed by atoms with Gasteiger partial charge in [-0.1, -0.05) is 18.2 Å². The van der Waals surface area contributed by atoms with Crippen LogP contribution in [0.25, 0.3) is 0 Å². The highest BCUT2D eigenvalue weighted by molar-refractivity contribution is 6.07. The van der Waals surface area contributed by atoms with Crippen molar-refractivity contribution in [1.82, 2.24) is 20.2 Å². The van der Waals surface area contributed by atoms with Gasteiger partial charge in [0.2, 0.25) is 0 Å². The average molecular weight is 462 g/mol. The van der Waals surface area contributed by atoms with E-state index in [0.29, 0.717) is 25.9 Å². The Morgan fingerprint density at radius 3 is 2.24 bits per heavy atom. The average Bonchev–Trinajstić information content (AvgIpc) is 2.85. The maximum atomic E-state index is 13.1. The van der Waals surface area contributed by atoms with Crippen LogP contribution in [0.1, 0.15) is 33.7 Å². The molecule has 4 amide bonds. The molecule has 0 bridgehead atoms. The summed E-state index contributed by atoms with van der Waals surface area (Å²) in [6.07, 6.45) is 3.87. The maximum Gasteiger partial charge on any atom is 0.321 e. The van der Waals surface area contributed by atoms with Crippen LogP contribution in [0.2, 0.25) is 0 Å². The molecule has 0 aliphatic carbocycles. The highest BCUT2D eigenvalue weighted by Crippen LogP contribution is 2.16. The smallest absolute Gasteiger partial charge is 0.321 e. The molecule has 10 heteroatoms. The number of carbonyl (C=O) groups is 3. The van der Waals surface area contributed by atoms with Gasteiger partial charge in [-0.25, -0.2) is 19.2 Å². The first-order valence-electron chi connectivity index (χ1n) is 10.8. The van der Waals surface area contributed by atoms with Crippen LogP contribution in [0.3, 0.4) is 0 Å². The van der Waals surface area contributed by atoms with Gasteiger partial charge >= 0.3 is 6.03 Å². The minimum Gasteiger partial charge on any atom is -0.348 e. The number of carbonyl (C=O) groups excluding carboxylic acids is 3. The summed E-state index contributed by atoms with van der Waals surface area (Å²) in [5, 5.41) is 8.31. The molecular formula is C24H23FN6O3. The van der Waals surface area contributed by atoms with Crippen molar-refractivity contribution >= 4 is 29.4 Å². The van der Waals surface area contributed by atoms with E-state index >= 15 is 0 Å². The number of urea groups is 1. The van der Waals surface area contributed by atoms with Gasteiger partial charge in [-0.05, 0) is 49.2 Å². The highest BCUT2D eigenvalue weighted by atomic mass is 19.1. The number of piperidine rings is 1. The number of halogens is 1. The molecule has 0 radical (unpaired) electrons. The Bertz CT molecular complexity index is 1160. The number of hydrogen-bond donors (Lipinski definition) is 3. The predicted molar refractivity (Wildman–Crippen MR) is 124 cm³/mol. The zero-order chi connectivity index (χ0) is 23.9. The van der Waals surface area contributed by atoms with Gasteiger partial charge in [-0.3, -0.25) is 9.59 Å². The maximum absolute atomic E-state index is 13.1. The van der Waals surface area contributed by atoms with Crippen molar-refractivity contribution in [2.45, 2.75) is 18.9 Å². The first-order valence-corrected chi connectivity index (χ1v) is 10.8. The van der Waals surface area contributed by atoms with Crippen LogP contribution in [-0.4, -0.2) is 51.8 Å². The second kappa shape index (κ2) is 10.5. The molecule has 0 spiro atoms. The molecule has 2 heterocycles. The molecule has 0 saturated carbocycles. The molecule has 1 aromatic heterocycles. The lowest BCUT2D eigenvalue weighted by atomic mass is 10.1. The molecule has 1 saturated heterocycles. The first-order chi connectivity index (χ1) is 16.5. The zero-order valence-electron chi connectivity index (χ0n) is 18.2. The van der Waals surface area contributed by atoms with Crippen molar-refractivity contribution in [3.63, 3.8) is 0 Å². The van der Waals surface area contributed by atoms with E-state index in [1.165, 1.54) is 36.7 Å². The number of aromatic nitrogens is 2. The second-order valence-electron chi connectivity index (χ2n) is 7.75. The summed E-state index contributed by atoms with van der Waals surface area (Å²) in [4.78, 5) is 47.6. The van der Waals surface area contributed by atoms with Crippen molar-refractivity contribution in [1.29, 1.82) is 0 Å². The molecular weight excluding hydrogens is 439 g/mol. The van der Waals surface area contributed by atoms with Crippen LogP contribution < -0.4 is 16.0 Å². The van der Waals surface area contributed by atoms with E-state index in [1.807, 2.05) is 30.3 Å². The molecule has 1 aliphatic heterocycles. The number of likely N-dealkylation sites (tertiary alicyclic amines) is 1. The van der Waals surface area contributed by atoms with Crippen LogP contribution in [-0.2, 0) is 0 Å². The van der Waals surface area contributed by atoms with E-state index in [4.69, 9.17) is 0 Å². The second-order valence-corrected chi connectivity index (χ2v) is 7.75. The standard InChI is InChI=1S/C24H23FN6O3/c25-17-8-6-16(7-9-17)22(32)30-21-20(26-12-13-27-21)23(33)28-19-10-14-31(15-11-19)24(34)29-18-4-2-1-3-5-18/h1-9,12-13,19H,10-11,14-15H2,(H,28,33)(H,29,34)(H,27,30,32). The Kier molecular flexibility index (Phi) is 7.07. The summed E-state index contributed by atoms with van der Waals surface area (Å²) >= 11 is 0. The summed E-state index contributed by atoms with van der Waals surface area (Å²) in [5.74, 6) is -1.46. The molecule has 34 heavy (non-hydrogen) atoms. The number of rotatable bonds is 5. The quantitative estimate of drug-likeness (QED) is 0.538. The van der Waals surface area contributed by atoms with Crippen LogP contribution in [0, 0.1) is 5.82 Å². The number of benzene rings is 2. The fourth-order valence-electron chi connectivity index (χ4n) is 3.58. The Labute approximate surface area is 195 Å². The normalized spacial score (nSPS) is 13.7. The number of para-hydroxylation sites is 1. The number of anilines is 2. The molecule has 2 aromatic carbocycles. The zero-order valence-corrected chi connectivity index (χ0v) is 18.2. The summed E-state index contributed by atoms with van der Waals surface area (Å²) < 4.78 is 13.1. The number of hydrogen-bond acceptors (Lipinski definition) is 5. The summed E-state index contributed by atoms with van der Waals surface area (Å²) in [6.45, 7) is 0.969. The third-order valence-corrected chi connectivity index (χ3v) is 5.39. The summed E-state index contributed by atoms with van der Waals surface area (Å²) in [6, 6.07) is 13.9. The lowest BCUT2D eigenvalue weighted by molar-refractivity contribution is 0.0915. The van der Waals surface area contributed by atoms with Gasteiger partial charge in [-0.2, -0.15) is 0 Å². The van der Waals surface area contributed by atoms with E-state index < -0.39 is 17.6 Å². The van der Waals surface area contributed by atoms with Gasteiger partial charge in [0.25, 0.3) is 11.8 Å². The predicted octanol–water partition coefficient (Wildman–Crippen LogP) is 3.29.